The van der Waals surface area contributed by atoms with Crippen molar-refractivity contribution < 1.29 is 4.79 Å². The summed E-state index contributed by atoms with van der Waals surface area (Å²) in [5.74, 6) is -0.0473. The molecule has 84 valence electrons. The van der Waals surface area contributed by atoms with Gasteiger partial charge in [0, 0.05) is 6.54 Å². The van der Waals surface area contributed by atoms with Crippen molar-refractivity contribution in [2.45, 2.75) is 25.7 Å². The number of hydrogen-bond donors (Lipinski definition) is 1. The fraction of sp³-hybridized carbons (Fsp3) is 0.385. The molecule has 0 aliphatic heterocycles. The first-order valence-electron chi connectivity index (χ1n) is 5.30. The van der Waals surface area contributed by atoms with Gasteiger partial charge in [0.15, 0.2) is 0 Å². The summed E-state index contributed by atoms with van der Waals surface area (Å²) in [7, 11) is 0. The summed E-state index contributed by atoms with van der Waals surface area (Å²) in [5, 5.41) is 11.2. The van der Waals surface area contributed by atoms with Gasteiger partial charge in [-0.3, -0.25) is 4.79 Å². The minimum Gasteiger partial charge on any atom is -0.354 e. The Kier molecular flexibility index (Phi) is 4.07. The normalized spacial score (nSPS) is 10.6. The quantitative estimate of drug-likeness (QED) is 0.782. The van der Waals surface area contributed by atoms with Gasteiger partial charge in [0.1, 0.15) is 0 Å². The van der Waals surface area contributed by atoms with Gasteiger partial charge < -0.3 is 5.32 Å². The Morgan fingerprint density at radius 1 is 1.38 bits per heavy atom. The van der Waals surface area contributed by atoms with E-state index in [1.807, 2.05) is 50.2 Å². The van der Waals surface area contributed by atoms with Crippen LogP contribution in [0.3, 0.4) is 0 Å². The third-order valence-corrected chi connectivity index (χ3v) is 2.59. The molecule has 0 aromatic heterocycles. The van der Waals surface area contributed by atoms with Gasteiger partial charge in [-0.25, -0.2) is 0 Å². The summed E-state index contributed by atoms with van der Waals surface area (Å²) < 4.78 is 0. The van der Waals surface area contributed by atoms with Crippen molar-refractivity contribution in [3.8, 4) is 6.07 Å². The van der Waals surface area contributed by atoms with Crippen LogP contribution in [0.25, 0.3) is 0 Å². The highest BCUT2D eigenvalue weighted by molar-refractivity contribution is 5.87. The maximum atomic E-state index is 11.9. The highest BCUT2D eigenvalue weighted by Crippen LogP contribution is 2.22. The molecule has 1 aromatic carbocycles. The van der Waals surface area contributed by atoms with E-state index in [2.05, 4.69) is 5.32 Å². The molecule has 1 rings (SSSR count). The lowest BCUT2D eigenvalue weighted by Gasteiger charge is -2.23. The molecular weight excluding hydrogens is 200 g/mol. The minimum atomic E-state index is -0.559. The summed E-state index contributed by atoms with van der Waals surface area (Å²) in [6.07, 6.45) is 0.344. The summed E-state index contributed by atoms with van der Waals surface area (Å²) in [4.78, 5) is 11.9. The molecule has 1 aromatic rings. The van der Waals surface area contributed by atoms with Crippen molar-refractivity contribution in [2.24, 2.45) is 0 Å². The van der Waals surface area contributed by atoms with E-state index < -0.39 is 5.41 Å². The van der Waals surface area contributed by atoms with Crippen LogP contribution in [0.15, 0.2) is 30.3 Å². The molecule has 0 saturated carbocycles. The van der Waals surface area contributed by atoms with Gasteiger partial charge in [-0.2, -0.15) is 5.26 Å². The van der Waals surface area contributed by atoms with Crippen LogP contribution < -0.4 is 5.32 Å². The molecule has 16 heavy (non-hydrogen) atoms. The first kappa shape index (κ1) is 12.3. The molecule has 1 N–H and O–H groups in total. The molecule has 0 fully saturated rings. The lowest BCUT2D eigenvalue weighted by atomic mass is 9.84. The maximum Gasteiger partial charge on any atom is 0.230 e. The van der Waals surface area contributed by atoms with Crippen LogP contribution in [0.5, 0.6) is 0 Å². The third-order valence-electron chi connectivity index (χ3n) is 2.59. The van der Waals surface area contributed by atoms with Crippen LogP contribution in [-0.2, 0) is 10.2 Å². The lowest BCUT2D eigenvalue weighted by molar-refractivity contribution is -0.125. The van der Waals surface area contributed by atoms with Crippen molar-refractivity contribution in [3.63, 3.8) is 0 Å². The van der Waals surface area contributed by atoms with E-state index in [0.29, 0.717) is 13.0 Å². The van der Waals surface area contributed by atoms with Crippen LogP contribution in [-0.4, -0.2) is 12.5 Å². The number of carbonyl (C=O) groups is 1. The van der Waals surface area contributed by atoms with Crippen molar-refractivity contribution in [1.82, 2.24) is 5.32 Å². The predicted octanol–water partition coefficient (Wildman–Crippen LogP) is 1.99. The van der Waals surface area contributed by atoms with Gasteiger partial charge in [-0.05, 0) is 19.4 Å². The highest BCUT2D eigenvalue weighted by Gasteiger charge is 2.28. The zero-order valence-electron chi connectivity index (χ0n) is 9.66. The van der Waals surface area contributed by atoms with E-state index in [1.54, 1.807) is 0 Å². The number of amides is 1. The molecule has 0 unspecified atom stereocenters. The Morgan fingerprint density at radius 2 is 2.00 bits per heavy atom. The Morgan fingerprint density at radius 3 is 2.56 bits per heavy atom. The molecule has 0 spiro atoms. The van der Waals surface area contributed by atoms with Crippen molar-refractivity contribution in [1.29, 1.82) is 5.26 Å². The molecule has 3 nitrogen and oxygen atoms in total. The first-order chi connectivity index (χ1) is 7.59. The van der Waals surface area contributed by atoms with E-state index in [-0.39, 0.29) is 5.91 Å². The summed E-state index contributed by atoms with van der Waals surface area (Å²) in [6.45, 7) is 4.17. The second-order valence-corrected chi connectivity index (χ2v) is 4.16. The monoisotopic (exact) mass is 216 g/mol. The SMILES string of the molecule is CC(C)(C(=O)NCCC#N)c1ccccc1. The summed E-state index contributed by atoms with van der Waals surface area (Å²) in [5.41, 5.74) is 0.418. The first-order valence-corrected chi connectivity index (χ1v) is 5.30. The number of benzene rings is 1. The largest absolute Gasteiger partial charge is 0.354 e. The number of hydrogen-bond acceptors (Lipinski definition) is 2. The van der Waals surface area contributed by atoms with E-state index in [9.17, 15) is 4.79 Å². The Labute approximate surface area is 96.1 Å². The van der Waals surface area contributed by atoms with Crippen LogP contribution >= 0.6 is 0 Å². The topological polar surface area (TPSA) is 52.9 Å². The van der Waals surface area contributed by atoms with E-state index >= 15 is 0 Å². The second-order valence-electron chi connectivity index (χ2n) is 4.16. The van der Waals surface area contributed by atoms with E-state index in [0.717, 1.165) is 5.56 Å². The molecule has 0 bridgehead atoms. The standard InChI is InChI=1S/C13H16N2O/c1-13(2,11-7-4-3-5-8-11)12(16)15-10-6-9-14/h3-5,7-8H,6,10H2,1-2H3,(H,15,16). The van der Waals surface area contributed by atoms with Crippen molar-refractivity contribution in [3.05, 3.63) is 35.9 Å². The van der Waals surface area contributed by atoms with Crippen LogP contribution in [0.1, 0.15) is 25.8 Å². The number of nitriles is 1. The number of rotatable bonds is 4. The Balaban J connectivity index is 2.71. The molecular formula is C13H16N2O. The summed E-state index contributed by atoms with van der Waals surface area (Å²) in [6, 6.07) is 11.6. The summed E-state index contributed by atoms with van der Waals surface area (Å²) >= 11 is 0. The zero-order valence-corrected chi connectivity index (χ0v) is 9.66. The average Bonchev–Trinajstić information content (AvgIpc) is 2.30. The average molecular weight is 216 g/mol. The molecule has 0 aliphatic rings. The third kappa shape index (κ3) is 2.83. The smallest absolute Gasteiger partial charge is 0.230 e. The van der Waals surface area contributed by atoms with Crippen molar-refractivity contribution >= 4 is 5.91 Å². The number of nitrogens with zero attached hydrogens (tertiary/aromatic N) is 1. The number of carbonyl (C=O) groups excluding carboxylic acids is 1. The van der Waals surface area contributed by atoms with E-state index in [1.165, 1.54) is 0 Å². The van der Waals surface area contributed by atoms with E-state index in [4.69, 9.17) is 5.26 Å². The van der Waals surface area contributed by atoms with Gasteiger partial charge in [0.05, 0.1) is 17.9 Å². The second kappa shape index (κ2) is 5.32. The Hall–Kier alpha value is -1.82. The van der Waals surface area contributed by atoms with Gasteiger partial charge in [0.25, 0.3) is 0 Å². The Bertz CT molecular complexity index is 390. The fourth-order valence-electron chi connectivity index (χ4n) is 1.44. The molecule has 0 aliphatic carbocycles. The number of nitrogens with one attached hydrogen (secondary N) is 1. The predicted molar refractivity (Wildman–Crippen MR) is 62.7 cm³/mol. The molecule has 3 heteroatoms. The molecule has 1 amide bonds. The van der Waals surface area contributed by atoms with Gasteiger partial charge in [-0.15, -0.1) is 0 Å². The maximum absolute atomic E-state index is 11.9. The van der Waals surface area contributed by atoms with Crippen LogP contribution in [0, 0.1) is 11.3 Å². The highest BCUT2D eigenvalue weighted by atomic mass is 16.2. The van der Waals surface area contributed by atoms with Crippen LogP contribution in [0.4, 0.5) is 0 Å². The lowest BCUT2D eigenvalue weighted by Crippen LogP contribution is -2.40. The molecule has 0 atom stereocenters. The van der Waals surface area contributed by atoms with Gasteiger partial charge >= 0.3 is 0 Å². The van der Waals surface area contributed by atoms with Gasteiger partial charge in [-0.1, -0.05) is 30.3 Å². The van der Waals surface area contributed by atoms with Crippen molar-refractivity contribution in [2.75, 3.05) is 6.54 Å². The fourth-order valence-corrected chi connectivity index (χ4v) is 1.44. The van der Waals surface area contributed by atoms with Gasteiger partial charge in [0.2, 0.25) is 5.91 Å². The molecule has 0 heterocycles. The zero-order chi connectivity index (χ0) is 12.0. The van der Waals surface area contributed by atoms with Crippen LogP contribution in [0.2, 0.25) is 0 Å². The molecule has 0 saturated heterocycles. The minimum absolute atomic E-state index is 0.0473. The molecule has 0 radical (unpaired) electrons.